The third-order valence-electron chi connectivity index (χ3n) is 21.0. The Morgan fingerprint density at radius 3 is 1.12 bits per heavy atom. The molecule has 8 aromatic carbocycles. The van der Waals surface area contributed by atoms with E-state index < -0.39 is 0 Å². The van der Waals surface area contributed by atoms with E-state index in [1.165, 1.54) is 16.8 Å². The molecule has 0 bridgehead atoms. The molecule has 0 saturated carbocycles. The second-order valence-electron chi connectivity index (χ2n) is 32.2. The van der Waals surface area contributed by atoms with Gasteiger partial charge in [0, 0.05) is 372 Å². The first-order valence-corrected chi connectivity index (χ1v) is 44.7. The Bertz CT molecular complexity index is 6640. The van der Waals surface area contributed by atoms with Crippen LogP contribution in [0.4, 0.5) is 132 Å². The molecule has 0 aliphatic carbocycles. The van der Waals surface area contributed by atoms with Gasteiger partial charge in [-0.25, -0.2) is 32.0 Å². The largest absolute Gasteiger partial charge is 0.495 e. The van der Waals surface area contributed by atoms with Crippen molar-refractivity contribution >= 4 is 143 Å². The predicted octanol–water partition coefficient (Wildman–Crippen LogP) is 24.2. The summed E-state index contributed by atoms with van der Waals surface area (Å²) >= 11 is 6.19. The molecule has 0 fully saturated rings. The summed E-state index contributed by atoms with van der Waals surface area (Å²) in [6.45, 7) is 16.4. The zero-order valence-electron chi connectivity index (χ0n) is 86.3. The number of ether oxygens (including phenoxy) is 1. The molecule has 0 aliphatic heterocycles. The molecule has 0 amide bonds. The van der Waals surface area contributed by atoms with Crippen LogP contribution in [0.25, 0.3) is 0 Å². The van der Waals surface area contributed by atoms with E-state index in [1.54, 1.807) is 31.4 Å². The number of methoxy groups -OCH3 is 1. The number of para-hydroxylation sites is 1. The zero-order chi connectivity index (χ0) is 98.9. The number of nitrogens with zero attached hydrogens (tertiary/aromatic N) is 25. The predicted molar refractivity (Wildman–Crippen MR) is 552 cm³/mol. The van der Waals surface area contributed by atoms with Crippen molar-refractivity contribution in [3.63, 3.8) is 0 Å². The van der Waals surface area contributed by atoms with Gasteiger partial charge in [-0.3, -0.25) is 0 Å². The van der Waals surface area contributed by atoms with Gasteiger partial charge >= 0.3 is 40.7 Å². The molecule has 0 spiro atoms. The van der Waals surface area contributed by atoms with Gasteiger partial charge in [0.15, 0.2) is 0 Å². The number of hydrogen-bond acceptors (Lipinski definition) is 23. The van der Waals surface area contributed by atoms with E-state index in [0.717, 1.165) is 122 Å². The standard InChI is InChI=1S/C19H18N4.C16H21N4.2C15H19N4.C14H16ClN4.C14H17N5.C13H14N4O.7Y/c1-15-7-6-10-19(23(15)2)22-21-18-13-11-17(12-14-18)20-16-8-4-3-5-9-16;1-4-20(5-2)15-11-9-14(10-12-15)17-18-16-8-6-7-13-19(16)3;1-12-5-10-15(19(4)11-12)17-16-13-6-8-14(9-7-13)18(2)3;1-12-6-5-11-19(4)15(12)17-16-13-7-9-14(10-8-13)18(2)3;1-18(2)11-7-8-13(12(15)10-11)16-17-14-6-4-5-9-19(14)3;1-9-4-5-14(19(3)8-9)18-17-13-6-10(2)11(15)7-12(13)16;1-17-8-4-3-5-13(17)16-15-10-6-7-11(14)12(9-10)18-2;;;;;;;/h3-14H,1-2H3;6-13H,4-5H2,1-3H3;2*5-11H,1-4H3;4-10H,1-3H3;4-8H,1-3H3,(H3,15,16);3-9,14H,1-2H3;;;;;;;/q;4*+1;;;;;;;;;/p+3. The molecule has 723 valence electrons. The summed E-state index contributed by atoms with van der Waals surface area (Å²) in [4.78, 5) is 8.41. The molecule has 144 heavy (non-hydrogen) atoms. The van der Waals surface area contributed by atoms with E-state index in [1.807, 2.05) is 442 Å². The minimum Gasteiger partial charge on any atom is -0.495 e. The number of pyridine rings is 7. The topological polar surface area (TPSA) is 312 Å². The zero-order valence-corrected chi connectivity index (χ0v) is 107. The summed E-state index contributed by atoms with van der Waals surface area (Å²) in [6.07, 6.45) is 11.8. The molecule has 15 rings (SSSR count). The Labute approximate surface area is 1030 Å². The van der Waals surface area contributed by atoms with E-state index in [2.05, 4.69) is 125 Å². The molecule has 7 radical (unpaired) electrons. The smallest absolute Gasteiger partial charge is 0.353 e. The van der Waals surface area contributed by atoms with Gasteiger partial charge in [-0.1, -0.05) is 54.1 Å². The third kappa shape index (κ3) is 44.3. The van der Waals surface area contributed by atoms with Gasteiger partial charge in [-0.05, 0) is 301 Å². The van der Waals surface area contributed by atoms with Crippen molar-refractivity contribution in [3.05, 3.63) is 355 Å². The summed E-state index contributed by atoms with van der Waals surface area (Å²) in [5.74, 6) is 6.28. The van der Waals surface area contributed by atoms with Crippen LogP contribution >= 0.6 is 11.6 Å². The van der Waals surface area contributed by atoms with Gasteiger partial charge in [0.05, 0.1) is 146 Å². The van der Waals surface area contributed by atoms with Crippen LogP contribution in [0.2, 0.25) is 5.02 Å². The SMILES string of the molecule is CCN(CC)c1ccc(N=Nc2cccc[n+]2C)cc1.CN(C)c1ccc(N=Nc2cccc[n+]2C)c(Cl)c1.COc1cc(N=Nc2cccc[n+]2C)ccc1N.Cc1ccc(N=Nc2cc(C)c(N)cc2N)[n+](C)c1.Cc1ccc(N=Nc2ccc(N(C)C)cc2)[n+](C)c1.Cc1ccc[n+](C)c1N=Nc1ccc(N(C)C)cc1.Cc1cccc(N=Nc2ccc(Nc3ccccc3)cc2)[n+]1C.[Y].[Y].[Y].[Y].[Y].[Y].[Y]. The van der Waals surface area contributed by atoms with Crippen molar-refractivity contribution in [2.45, 2.75) is 48.5 Å². The van der Waals surface area contributed by atoms with Crippen molar-refractivity contribution in [3.8, 4) is 5.75 Å². The van der Waals surface area contributed by atoms with Gasteiger partial charge in [0.25, 0.3) is 0 Å². The average molecular weight is 2480 g/mol. The minimum atomic E-state index is 0. The number of aryl methyl sites for hydroxylation is 11. The summed E-state index contributed by atoms with van der Waals surface area (Å²) in [5, 5.41) is 63.4. The first-order chi connectivity index (χ1) is 65.8. The fourth-order valence-corrected chi connectivity index (χ4v) is 12.9. The van der Waals surface area contributed by atoms with Gasteiger partial charge in [-0.15, -0.1) is 0 Å². The normalized spacial score (nSPS) is 10.4. The number of rotatable bonds is 23. The molecule has 7 N–H and O–H groups in total. The molecule has 7 heterocycles. The number of anilines is 9. The quantitative estimate of drug-likeness (QED) is 0.0268. The van der Waals surface area contributed by atoms with Crippen molar-refractivity contribution in [2.24, 2.45) is 121 Å². The maximum atomic E-state index is 6.19. The van der Waals surface area contributed by atoms with Crippen LogP contribution in [0.15, 0.2) is 394 Å². The van der Waals surface area contributed by atoms with Gasteiger partial charge in [-0.2, -0.15) is 0 Å². The summed E-state index contributed by atoms with van der Waals surface area (Å²) < 4.78 is 18.7. The van der Waals surface area contributed by atoms with Gasteiger partial charge in [0.1, 0.15) is 51.3 Å². The molecule has 0 aliphatic rings. The molecular weight excluding hydrogens is 2350 g/mol. The monoisotopic (exact) mass is 2480 g/mol. The van der Waals surface area contributed by atoms with Crippen LogP contribution in [0.1, 0.15) is 41.8 Å². The number of nitrogens with one attached hydrogen (secondary N) is 1. The maximum absolute atomic E-state index is 6.19. The second kappa shape index (κ2) is 69.4. The Morgan fingerprint density at radius 1 is 0.306 bits per heavy atom. The number of aromatic nitrogens is 7. The van der Waals surface area contributed by atoms with Gasteiger partial charge in [0.2, 0.25) is 0 Å². The molecule has 0 atom stereocenters. The number of nitrogens with two attached hydrogens (primary N) is 3. The Morgan fingerprint density at radius 2 is 0.688 bits per heavy atom. The number of benzene rings is 8. The number of hydrogen-bond donors (Lipinski definition) is 4. The number of nitrogen functional groups attached to an aromatic ring is 3. The fourth-order valence-electron chi connectivity index (χ4n) is 12.6. The first-order valence-electron chi connectivity index (χ1n) is 44.3. The molecule has 30 nitrogen and oxygen atoms in total. The third-order valence-corrected chi connectivity index (χ3v) is 21.3. The van der Waals surface area contributed by atoms with E-state index >= 15 is 0 Å². The van der Waals surface area contributed by atoms with E-state index in [-0.39, 0.29) is 229 Å². The van der Waals surface area contributed by atoms with Crippen LogP contribution in [0.3, 0.4) is 0 Å². The summed E-state index contributed by atoms with van der Waals surface area (Å²) in [6, 6.07) is 92.0. The number of azo groups is 7. The van der Waals surface area contributed by atoms with Crippen LogP contribution in [-0.4, -0.2) is 62.5 Å². The van der Waals surface area contributed by atoms with Crippen LogP contribution in [0.5, 0.6) is 5.75 Å². The van der Waals surface area contributed by atoms with E-state index in [9.17, 15) is 0 Å². The van der Waals surface area contributed by atoms with Crippen LogP contribution in [-0.2, 0) is 278 Å². The van der Waals surface area contributed by atoms with Gasteiger partial charge < -0.3 is 46.9 Å². The Hall–Kier alpha value is -8.77. The minimum absolute atomic E-state index is 0. The second-order valence-corrected chi connectivity index (χ2v) is 32.6. The maximum Gasteiger partial charge on any atom is 0.353 e. The number of halogens is 1. The summed E-state index contributed by atoms with van der Waals surface area (Å²) in [7, 11) is 27.2. The van der Waals surface area contributed by atoms with Crippen molar-refractivity contribution in [1.82, 2.24) is 0 Å². The van der Waals surface area contributed by atoms with Crippen molar-refractivity contribution < 1.29 is 266 Å². The van der Waals surface area contributed by atoms with Crippen LogP contribution in [0, 0.1) is 34.6 Å². The Balaban J connectivity index is 0.000000564. The molecule has 0 saturated heterocycles. The first kappa shape index (κ1) is 131. The van der Waals surface area contributed by atoms with Crippen LogP contribution < -0.4 is 78.8 Å². The Kier molecular flexibility index (Phi) is 63.3. The molecule has 15 aromatic rings. The van der Waals surface area contributed by atoms with E-state index in [0.29, 0.717) is 44.9 Å². The van der Waals surface area contributed by atoms with Crippen molar-refractivity contribution in [1.29, 1.82) is 0 Å². The van der Waals surface area contributed by atoms with E-state index in [4.69, 9.17) is 33.5 Å². The van der Waals surface area contributed by atoms with Crippen molar-refractivity contribution in [2.75, 3.05) is 105 Å². The molecule has 38 heteroatoms. The average Bonchev–Trinajstić information content (AvgIpc) is 0.820. The summed E-state index contributed by atoms with van der Waals surface area (Å²) in [5.41, 5.74) is 36.8. The molecule has 0 unspecified atom stereocenters. The fraction of sp³-hybridized carbons (Fsp3) is 0.217. The molecule has 7 aromatic heterocycles. The molecular formula is C106H127ClN29OY7+7.